The number of rotatable bonds is 13. The Balaban J connectivity index is 2.28. The molecule has 0 aliphatic rings. The third-order valence-corrected chi connectivity index (χ3v) is 4.74. The lowest BCUT2D eigenvalue weighted by Crippen LogP contribution is -2.36. The van der Waals surface area contributed by atoms with Gasteiger partial charge in [0.25, 0.3) is 5.91 Å². The van der Waals surface area contributed by atoms with Gasteiger partial charge in [0.05, 0.1) is 37.8 Å². The smallest absolute Gasteiger partial charge is 0.276 e. The van der Waals surface area contributed by atoms with E-state index in [1.54, 1.807) is 36.4 Å². The highest BCUT2D eigenvalue weighted by Gasteiger charge is 2.29. The first kappa shape index (κ1) is 26.9. The van der Waals surface area contributed by atoms with Crippen molar-refractivity contribution in [1.29, 1.82) is 0 Å². The van der Waals surface area contributed by atoms with Crippen molar-refractivity contribution >= 4 is 34.8 Å². The fourth-order valence-electron chi connectivity index (χ4n) is 2.93. The van der Waals surface area contributed by atoms with E-state index in [0.717, 1.165) is 4.42 Å². The normalized spacial score (nSPS) is 11.7. The summed E-state index contributed by atoms with van der Waals surface area (Å²) in [7, 11) is 0. The summed E-state index contributed by atoms with van der Waals surface area (Å²) in [5.41, 5.74) is 0.700. The maximum atomic E-state index is 13.0. The summed E-state index contributed by atoms with van der Waals surface area (Å²) in [5.74, 6) is 0.748. The van der Waals surface area contributed by atoms with Gasteiger partial charge in [-0.25, -0.2) is 4.42 Å². The van der Waals surface area contributed by atoms with E-state index in [4.69, 9.17) is 30.7 Å². The van der Waals surface area contributed by atoms with Gasteiger partial charge in [-0.05, 0) is 58.9 Å². The number of ketones is 1. The van der Waals surface area contributed by atoms with Crippen molar-refractivity contribution in [1.82, 2.24) is 0 Å². The minimum Gasteiger partial charge on any atom is -0.490 e. The van der Waals surface area contributed by atoms with E-state index in [9.17, 15) is 9.59 Å². The van der Waals surface area contributed by atoms with Gasteiger partial charge >= 0.3 is 0 Å². The second kappa shape index (κ2) is 13.4. The molecule has 0 N–H and O–H groups in total. The van der Waals surface area contributed by atoms with Gasteiger partial charge in [0.2, 0.25) is 6.04 Å². The maximum Gasteiger partial charge on any atom is 0.276 e. The summed E-state index contributed by atoms with van der Waals surface area (Å²) < 4.78 is 23.0. The number of ether oxygens (including phenoxy) is 4. The first-order chi connectivity index (χ1) is 16.4. The van der Waals surface area contributed by atoms with Crippen molar-refractivity contribution < 1.29 is 28.5 Å². The number of nitrogens with zero attached hydrogens (tertiary/aromatic N) is 3. The van der Waals surface area contributed by atoms with Crippen molar-refractivity contribution in [2.75, 3.05) is 30.8 Å². The van der Waals surface area contributed by atoms with Crippen molar-refractivity contribution in [2.45, 2.75) is 40.7 Å². The van der Waals surface area contributed by atoms with Crippen molar-refractivity contribution in [2.24, 2.45) is 10.2 Å². The van der Waals surface area contributed by atoms with Crippen LogP contribution >= 0.6 is 11.8 Å². The number of carbonyl (C=O) groups excluding carboxylic acids is 2. The molecule has 2 aromatic carbocycles. The molecule has 1 atom stereocenters. The summed E-state index contributed by atoms with van der Waals surface area (Å²) in [6.45, 7) is 10.4. The molecule has 184 valence electrons. The van der Waals surface area contributed by atoms with Crippen LogP contribution in [-0.2, 0) is 9.59 Å². The average molecular weight is 492 g/mol. The standard InChI is InChI=1S/C24H30ClN3O6/c1-6-31-19-12-10-17(14-21(19)33-8-3)26-27-23(16(5)29)24(30)28(25)18-11-13-20(32-7-2)22(15-18)34-9-4/h10-15,23H,6-9H2,1-5H3. The van der Waals surface area contributed by atoms with Gasteiger partial charge in [-0.1, -0.05) is 0 Å². The van der Waals surface area contributed by atoms with E-state index in [-0.39, 0.29) is 0 Å². The lowest BCUT2D eigenvalue weighted by Gasteiger charge is -2.19. The number of Topliss-reactive ketones (excluding diaryl/α,β-unsaturated/α-hetero) is 1. The third-order valence-electron chi connectivity index (χ3n) is 4.38. The van der Waals surface area contributed by atoms with Crippen LogP contribution < -0.4 is 23.4 Å². The second-order valence-corrected chi connectivity index (χ2v) is 7.18. The molecule has 0 saturated heterocycles. The number of amides is 1. The molecule has 0 aliphatic carbocycles. The fraction of sp³-hybridized carbons (Fsp3) is 0.417. The van der Waals surface area contributed by atoms with E-state index >= 15 is 0 Å². The molecule has 0 spiro atoms. The number of anilines is 1. The topological polar surface area (TPSA) is 99.0 Å². The second-order valence-electron chi connectivity index (χ2n) is 6.84. The lowest BCUT2D eigenvalue weighted by atomic mass is 10.2. The molecule has 1 unspecified atom stereocenters. The van der Waals surface area contributed by atoms with E-state index in [0.29, 0.717) is 60.8 Å². The van der Waals surface area contributed by atoms with Gasteiger partial charge in [0.15, 0.2) is 28.8 Å². The van der Waals surface area contributed by atoms with Crippen LogP contribution in [0.5, 0.6) is 23.0 Å². The Bertz CT molecular complexity index is 1010. The molecular formula is C24H30ClN3O6. The molecule has 0 aromatic heterocycles. The van der Waals surface area contributed by atoms with Crippen molar-refractivity contribution in [3.05, 3.63) is 36.4 Å². The van der Waals surface area contributed by atoms with Gasteiger partial charge < -0.3 is 18.9 Å². The predicted octanol–water partition coefficient (Wildman–Crippen LogP) is 5.51. The van der Waals surface area contributed by atoms with Crippen LogP contribution in [0.3, 0.4) is 0 Å². The Hall–Kier alpha value is -3.33. The Morgan fingerprint density at radius 1 is 0.824 bits per heavy atom. The summed E-state index contributed by atoms with van der Waals surface area (Å²) in [6, 6.07) is 8.34. The monoisotopic (exact) mass is 491 g/mol. The number of carbonyl (C=O) groups is 2. The zero-order valence-electron chi connectivity index (χ0n) is 20.0. The van der Waals surface area contributed by atoms with E-state index in [1.807, 2.05) is 27.7 Å². The molecule has 10 heteroatoms. The maximum absolute atomic E-state index is 13.0. The molecule has 0 saturated carbocycles. The number of benzene rings is 2. The highest BCUT2D eigenvalue weighted by Crippen LogP contribution is 2.34. The molecule has 1 amide bonds. The Kier molecular flexibility index (Phi) is 10.6. The molecular weight excluding hydrogens is 462 g/mol. The fourth-order valence-corrected chi connectivity index (χ4v) is 3.13. The van der Waals surface area contributed by atoms with E-state index in [1.165, 1.54) is 6.92 Å². The SMILES string of the molecule is CCOc1ccc(N=NC(C(C)=O)C(=O)N(Cl)c2ccc(OCC)c(OCC)c2)cc1OCC. The molecule has 0 radical (unpaired) electrons. The molecule has 2 aromatic rings. The highest BCUT2D eigenvalue weighted by molar-refractivity contribution is 6.39. The zero-order chi connectivity index (χ0) is 25.1. The molecule has 34 heavy (non-hydrogen) atoms. The lowest BCUT2D eigenvalue weighted by molar-refractivity contribution is -0.126. The number of hydrogen-bond acceptors (Lipinski definition) is 8. The predicted molar refractivity (Wildman–Crippen MR) is 130 cm³/mol. The highest BCUT2D eigenvalue weighted by atomic mass is 35.5. The quantitative estimate of drug-likeness (QED) is 0.208. The Labute approximate surface area is 204 Å². The molecule has 9 nitrogen and oxygen atoms in total. The van der Waals surface area contributed by atoms with Crippen LogP contribution in [0, 0.1) is 0 Å². The summed E-state index contributed by atoms with van der Waals surface area (Å²) in [5, 5.41) is 8.04. The van der Waals surface area contributed by atoms with Crippen LogP contribution in [0.25, 0.3) is 0 Å². The minimum atomic E-state index is -1.43. The van der Waals surface area contributed by atoms with Gasteiger partial charge in [0, 0.05) is 23.9 Å². The first-order valence-electron chi connectivity index (χ1n) is 11.1. The molecule has 0 bridgehead atoms. The molecule has 0 heterocycles. The number of halogens is 1. The third kappa shape index (κ3) is 7.08. The van der Waals surface area contributed by atoms with Crippen molar-refractivity contribution in [3.8, 4) is 23.0 Å². The molecule has 0 aliphatic heterocycles. The number of azo groups is 1. The van der Waals surface area contributed by atoms with Gasteiger partial charge in [0.1, 0.15) is 0 Å². The molecule has 2 rings (SSSR count). The largest absolute Gasteiger partial charge is 0.490 e. The summed E-state index contributed by atoms with van der Waals surface area (Å²) in [6.07, 6.45) is 0. The first-order valence-corrected chi connectivity index (χ1v) is 11.4. The van der Waals surface area contributed by atoms with Crippen molar-refractivity contribution in [3.63, 3.8) is 0 Å². The zero-order valence-corrected chi connectivity index (χ0v) is 20.8. The van der Waals surface area contributed by atoms with Crippen LogP contribution in [-0.4, -0.2) is 44.2 Å². The van der Waals surface area contributed by atoms with Crippen LogP contribution in [0.4, 0.5) is 11.4 Å². The van der Waals surface area contributed by atoms with Gasteiger partial charge in [-0.15, -0.1) is 0 Å². The molecule has 0 fully saturated rings. The summed E-state index contributed by atoms with van der Waals surface area (Å²) >= 11 is 6.30. The summed E-state index contributed by atoms with van der Waals surface area (Å²) in [4.78, 5) is 25.2. The van der Waals surface area contributed by atoms with Gasteiger partial charge in [-0.3, -0.25) is 9.59 Å². The van der Waals surface area contributed by atoms with Crippen LogP contribution in [0.1, 0.15) is 34.6 Å². The van der Waals surface area contributed by atoms with Gasteiger partial charge in [-0.2, -0.15) is 10.2 Å². The van der Waals surface area contributed by atoms with Crippen LogP contribution in [0.15, 0.2) is 46.6 Å². The average Bonchev–Trinajstić information content (AvgIpc) is 2.81. The van der Waals surface area contributed by atoms with Crippen LogP contribution in [0.2, 0.25) is 0 Å². The Morgan fingerprint density at radius 3 is 1.85 bits per heavy atom. The minimum absolute atomic E-state index is 0.305. The van der Waals surface area contributed by atoms with E-state index < -0.39 is 17.7 Å². The number of hydrogen-bond donors (Lipinski definition) is 0. The van der Waals surface area contributed by atoms with E-state index in [2.05, 4.69) is 10.2 Å². The Morgan fingerprint density at radius 2 is 1.32 bits per heavy atom.